The molecule has 0 aliphatic rings. The first-order valence-electron chi connectivity index (χ1n) is 3.21. The van der Waals surface area contributed by atoms with Gasteiger partial charge in [-0.3, -0.25) is 4.98 Å². The summed E-state index contributed by atoms with van der Waals surface area (Å²) in [6.45, 7) is 0. The summed E-state index contributed by atoms with van der Waals surface area (Å²) >= 11 is 5.61. The van der Waals surface area contributed by atoms with Gasteiger partial charge in [0.25, 0.3) is 0 Å². The molecule has 1 heterocycles. The smallest absolute Gasteiger partial charge is 0.0934 e. The normalized spacial score (nSPS) is 10.8. The molecule has 4 heteroatoms. The number of halogens is 1. The second kappa shape index (κ2) is 3.74. The van der Waals surface area contributed by atoms with Crippen LogP contribution in [0.2, 0.25) is 5.02 Å². The van der Waals surface area contributed by atoms with Crippen molar-refractivity contribution in [2.45, 2.75) is 0 Å². The summed E-state index contributed by atoms with van der Waals surface area (Å²) in [4.78, 5) is 3.92. The second-order valence-electron chi connectivity index (χ2n) is 2.09. The van der Waals surface area contributed by atoms with Gasteiger partial charge in [0.05, 0.1) is 22.5 Å². The summed E-state index contributed by atoms with van der Waals surface area (Å²) in [6.07, 6.45) is 2.71. The highest BCUT2D eigenvalue weighted by molar-refractivity contribution is 6.30. The lowest BCUT2D eigenvalue weighted by Gasteiger charge is -1.97. The molecule has 60 valence electrons. The minimum Gasteiger partial charge on any atom is -0.396 e. The third-order valence-corrected chi connectivity index (χ3v) is 1.47. The molecule has 1 aromatic rings. The monoisotopic (exact) mass is 179 g/mol. The van der Waals surface area contributed by atoms with Crippen LogP contribution in [-0.2, 0) is 0 Å². The lowest BCUT2D eigenvalue weighted by atomic mass is 10.3. The Labute approximate surface area is 75.1 Å². The molecule has 0 fully saturated rings. The summed E-state index contributed by atoms with van der Waals surface area (Å²) in [6, 6.07) is 5.15. The predicted molar refractivity (Wildman–Crippen MR) is 47.0 cm³/mol. The van der Waals surface area contributed by atoms with E-state index in [0.29, 0.717) is 16.4 Å². The number of hydrogen-bond acceptors (Lipinski definition) is 3. The molecule has 0 atom stereocenters. The lowest BCUT2D eigenvalue weighted by molar-refractivity contribution is 1.26. The number of aromatic nitrogens is 1. The number of nitriles is 1. The summed E-state index contributed by atoms with van der Waals surface area (Å²) in [7, 11) is 0. The highest BCUT2D eigenvalue weighted by Crippen LogP contribution is 2.09. The number of pyridine rings is 1. The van der Waals surface area contributed by atoms with Crippen molar-refractivity contribution in [1.29, 1.82) is 5.26 Å². The number of allylic oxidation sites excluding steroid dienone is 1. The van der Waals surface area contributed by atoms with Gasteiger partial charge in [0.2, 0.25) is 0 Å². The molecule has 0 saturated heterocycles. The molecule has 0 amide bonds. The Hall–Kier alpha value is -1.53. The SMILES string of the molecule is N#C/C=C(/N)c1ccc(Cl)cn1. The second-order valence-corrected chi connectivity index (χ2v) is 2.53. The maximum Gasteiger partial charge on any atom is 0.0934 e. The van der Waals surface area contributed by atoms with Crippen molar-refractivity contribution >= 4 is 17.3 Å². The van der Waals surface area contributed by atoms with Gasteiger partial charge < -0.3 is 5.73 Å². The molecule has 0 aliphatic heterocycles. The van der Waals surface area contributed by atoms with E-state index in [4.69, 9.17) is 22.6 Å². The Morgan fingerprint density at radius 1 is 1.67 bits per heavy atom. The van der Waals surface area contributed by atoms with E-state index in [1.54, 1.807) is 12.1 Å². The highest BCUT2D eigenvalue weighted by atomic mass is 35.5. The maximum atomic E-state index is 8.29. The van der Waals surface area contributed by atoms with Crippen LogP contribution in [0.4, 0.5) is 0 Å². The molecule has 0 unspecified atom stereocenters. The Balaban J connectivity index is 2.99. The number of rotatable bonds is 1. The van der Waals surface area contributed by atoms with E-state index in [0.717, 1.165) is 0 Å². The van der Waals surface area contributed by atoms with E-state index < -0.39 is 0 Å². The van der Waals surface area contributed by atoms with Crippen LogP contribution in [0.5, 0.6) is 0 Å². The molecule has 1 rings (SSSR count). The Morgan fingerprint density at radius 2 is 2.42 bits per heavy atom. The molecular weight excluding hydrogens is 174 g/mol. The quantitative estimate of drug-likeness (QED) is 0.666. The van der Waals surface area contributed by atoms with Crippen molar-refractivity contribution in [2.24, 2.45) is 5.73 Å². The van der Waals surface area contributed by atoms with Crippen molar-refractivity contribution in [1.82, 2.24) is 4.98 Å². The standard InChI is InChI=1S/C8H6ClN3/c9-6-1-2-8(12-5-6)7(11)3-4-10/h1-3,5H,11H2/b7-3+. The molecule has 0 spiro atoms. The molecule has 0 aromatic carbocycles. The van der Waals surface area contributed by atoms with Gasteiger partial charge in [-0.1, -0.05) is 11.6 Å². The van der Waals surface area contributed by atoms with Crippen LogP contribution in [0.1, 0.15) is 5.69 Å². The van der Waals surface area contributed by atoms with Gasteiger partial charge in [-0.15, -0.1) is 0 Å². The van der Waals surface area contributed by atoms with E-state index in [-0.39, 0.29) is 0 Å². The van der Waals surface area contributed by atoms with E-state index in [1.807, 2.05) is 6.07 Å². The average molecular weight is 180 g/mol. The minimum atomic E-state index is 0.342. The zero-order valence-corrected chi connectivity index (χ0v) is 6.92. The van der Waals surface area contributed by atoms with Crippen molar-refractivity contribution < 1.29 is 0 Å². The summed E-state index contributed by atoms with van der Waals surface area (Å²) < 4.78 is 0. The highest BCUT2D eigenvalue weighted by Gasteiger charge is 1.96. The van der Waals surface area contributed by atoms with Crippen molar-refractivity contribution in [3.63, 3.8) is 0 Å². The fourth-order valence-corrected chi connectivity index (χ4v) is 0.802. The molecule has 2 N–H and O–H groups in total. The topological polar surface area (TPSA) is 62.7 Å². The summed E-state index contributed by atoms with van der Waals surface area (Å²) in [5.74, 6) is 0. The van der Waals surface area contributed by atoms with Crippen molar-refractivity contribution in [2.75, 3.05) is 0 Å². The molecule has 0 aliphatic carbocycles. The lowest BCUT2D eigenvalue weighted by Crippen LogP contribution is -1.97. The van der Waals surface area contributed by atoms with Gasteiger partial charge in [0, 0.05) is 12.3 Å². The Kier molecular flexibility index (Phi) is 2.67. The predicted octanol–water partition coefficient (Wildman–Crippen LogP) is 1.56. The van der Waals surface area contributed by atoms with Crippen LogP contribution < -0.4 is 5.73 Å². The molecule has 3 nitrogen and oxygen atoms in total. The maximum absolute atomic E-state index is 8.29. The van der Waals surface area contributed by atoms with Gasteiger partial charge in [0.1, 0.15) is 0 Å². The first kappa shape index (κ1) is 8.57. The molecule has 0 saturated carbocycles. The van der Waals surface area contributed by atoms with Crippen molar-refractivity contribution in [3.05, 3.63) is 35.1 Å². The van der Waals surface area contributed by atoms with Gasteiger partial charge in [-0.25, -0.2) is 0 Å². The van der Waals surface area contributed by atoms with E-state index >= 15 is 0 Å². The third kappa shape index (κ3) is 1.97. The number of hydrogen-bond donors (Lipinski definition) is 1. The number of nitrogens with two attached hydrogens (primary N) is 1. The fourth-order valence-electron chi connectivity index (χ4n) is 0.690. The zero-order valence-electron chi connectivity index (χ0n) is 6.16. The molecule has 12 heavy (non-hydrogen) atoms. The molecule has 1 aromatic heterocycles. The van der Waals surface area contributed by atoms with Crippen LogP contribution in [0.3, 0.4) is 0 Å². The largest absolute Gasteiger partial charge is 0.396 e. The van der Waals surface area contributed by atoms with E-state index in [2.05, 4.69) is 4.98 Å². The first-order chi connectivity index (χ1) is 5.74. The van der Waals surface area contributed by atoms with Crippen LogP contribution in [0.25, 0.3) is 5.70 Å². The Morgan fingerprint density at radius 3 is 2.92 bits per heavy atom. The fraction of sp³-hybridized carbons (Fsp3) is 0. The van der Waals surface area contributed by atoms with Gasteiger partial charge >= 0.3 is 0 Å². The van der Waals surface area contributed by atoms with Gasteiger partial charge in [0.15, 0.2) is 0 Å². The van der Waals surface area contributed by atoms with E-state index in [1.165, 1.54) is 12.3 Å². The van der Waals surface area contributed by atoms with Gasteiger partial charge in [-0.2, -0.15) is 5.26 Å². The Bertz CT molecular complexity index is 334. The van der Waals surface area contributed by atoms with Crippen LogP contribution >= 0.6 is 11.6 Å². The minimum absolute atomic E-state index is 0.342. The van der Waals surface area contributed by atoms with Gasteiger partial charge in [-0.05, 0) is 12.1 Å². The third-order valence-electron chi connectivity index (χ3n) is 1.24. The van der Waals surface area contributed by atoms with E-state index in [9.17, 15) is 0 Å². The molecular formula is C8H6ClN3. The first-order valence-corrected chi connectivity index (χ1v) is 3.59. The summed E-state index contributed by atoms with van der Waals surface area (Å²) in [5.41, 5.74) is 6.39. The van der Waals surface area contributed by atoms with Crippen LogP contribution in [0, 0.1) is 11.3 Å². The van der Waals surface area contributed by atoms with Crippen molar-refractivity contribution in [3.8, 4) is 6.07 Å². The van der Waals surface area contributed by atoms with Crippen LogP contribution in [-0.4, -0.2) is 4.98 Å². The van der Waals surface area contributed by atoms with Crippen LogP contribution in [0.15, 0.2) is 24.4 Å². The summed E-state index contributed by atoms with van der Waals surface area (Å²) in [5, 5.41) is 8.84. The number of nitrogens with zero attached hydrogens (tertiary/aromatic N) is 2. The zero-order chi connectivity index (χ0) is 8.97. The molecule has 0 radical (unpaired) electrons. The molecule has 0 bridgehead atoms. The average Bonchev–Trinajstić information content (AvgIpc) is 2.06.